The maximum absolute atomic E-state index is 12.4. The summed E-state index contributed by atoms with van der Waals surface area (Å²) in [6.07, 6.45) is 0. The molecule has 8 heteroatoms. The summed E-state index contributed by atoms with van der Waals surface area (Å²) in [7, 11) is -3.68. The standard InChI is InChI=1S/C12H18N4O3S/c1-9-2-3-11(13)10(8-9)12(17)15-4-6-16(7-5-15)20(14,18)19/h2-3,8H,4-7,13H2,1H3,(H2,14,18,19). The van der Waals surface area contributed by atoms with Gasteiger partial charge in [0.2, 0.25) is 0 Å². The van der Waals surface area contributed by atoms with Crippen LogP contribution in [0.5, 0.6) is 0 Å². The van der Waals surface area contributed by atoms with Gasteiger partial charge in [-0.15, -0.1) is 0 Å². The second kappa shape index (κ2) is 5.39. The van der Waals surface area contributed by atoms with Gasteiger partial charge in [0.1, 0.15) is 0 Å². The van der Waals surface area contributed by atoms with E-state index in [1.54, 1.807) is 17.0 Å². The number of nitrogen functional groups attached to an aromatic ring is 1. The maximum atomic E-state index is 12.4. The van der Waals surface area contributed by atoms with Crippen LogP contribution in [0.4, 0.5) is 5.69 Å². The van der Waals surface area contributed by atoms with Gasteiger partial charge in [-0.25, -0.2) is 5.14 Å². The molecular formula is C12H18N4O3S. The fourth-order valence-corrected chi connectivity index (χ4v) is 2.84. The van der Waals surface area contributed by atoms with Gasteiger partial charge in [-0.2, -0.15) is 12.7 Å². The number of nitrogens with two attached hydrogens (primary N) is 2. The smallest absolute Gasteiger partial charge is 0.277 e. The van der Waals surface area contributed by atoms with Crippen molar-refractivity contribution in [2.24, 2.45) is 5.14 Å². The molecule has 1 aliphatic rings. The van der Waals surface area contributed by atoms with Crippen molar-refractivity contribution in [3.63, 3.8) is 0 Å². The van der Waals surface area contributed by atoms with Crippen molar-refractivity contribution in [2.45, 2.75) is 6.92 Å². The Hall–Kier alpha value is -1.64. The van der Waals surface area contributed by atoms with E-state index < -0.39 is 10.2 Å². The van der Waals surface area contributed by atoms with E-state index in [0.717, 1.165) is 9.87 Å². The van der Waals surface area contributed by atoms with E-state index >= 15 is 0 Å². The highest BCUT2D eigenvalue weighted by Crippen LogP contribution is 2.17. The summed E-state index contributed by atoms with van der Waals surface area (Å²) in [6.45, 7) is 2.91. The molecule has 0 aliphatic carbocycles. The zero-order valence-corrected chi connectivity index (χ0v) is 12.1. The molecule has 0 spiro atoms. The number of anilines is 1. The molecule has 0 saturated carbocycles. The molecule has 1 heterocycles. The molecule has 110 valence electrons. The molecule has 2 rings (SSSR count). The van der Waals surface area contributed by atoms with Crippen LogP contribution in [0.1, 0.15) is 15.9 Å². The third kappa shape index (κ3) is 3.09. The van der Waals surface area contributed by atoms with Crippen LogP contribution >= 0.6 is 0 Å². The van der Waals surface area contributed by atoms with Crippen LogP contribution in [0.25, 0.3) is 0 Å². The third-order valence-electron chi connectivity index (χ3n) is 3.32. The Morgan fingerprint density at radius 3 is 2.35 bits per heavy atom. The van der Waals surface area contributed by atoms with Crippen LogP contribution < -0.4 is 10.9 Å². The second-order valence-electron chi connectivity index (χ2n) is 4.83. The van der Waals surface area contributed by atoms with Gasteiger partial charge in [-0.3, -0.25) is 4.79 Å². The summed E-state index contributed by atoms with van der Waals surface area (Å²) in [5.74, 6) is -0.180. The number of piperazine rings is 1. The van der Waals surface area contributed by atoms with E-state index in [1.807, 2.05) is 13.0 Å². The number of nitrogens with zero attached hydrogens (tertiary/aromatic N) is 2. The number of hydrogen-bond donors (Lipinski definition) is 2. The largest absolute Gasteiger partial charge is 0.398 e. The summed E-state index contributed by atoms with van der Waals surface area (Å²) in [5, 5.41) is 5.06. The summed E-state index contributed by atoms with van der Waals surface area (Å²) in [6, 6.07) is 5.28. The average molecular weight is 298 g/mol. The molecule has 1 aromatic rings. The SMILES string of the molecule is Cc1ccc(N)c(C(=O)N2CCN(S(N)(=O)=O)CC2)c1. The van der Waals surface area contributed by atoms with Crippen LogP contribution in [0.3, 0.4) is 0 Å². The molecule has 0 unspecified atom stereocenters. The monoisotopic (exact) mass is 298 g/mol. The Morgan fingerprint density at radius 1 is 1.20 bits per heavy atom. The Morgan fingerprint density at radius 2 is 1.80 bits per heavy atom. The quantitative estimate of drug-likeness (QED) is 0.720. The highest BCUT2D eigenvalue weighted by molar-refractivity contribution is 7.86. The molecule has 0 atom stereocenters. The van der Waals surface area contributed by atoms with E-state index in [1.165, 1.54) is 0 Å². The Labute approximate surface area is 118 Å². The van der Waals surface area contributed by atoms with E-state index in [4.69, 9.17) is 10.9 Å². The number of benzene rings is 1. The molecule has 1 aliphatic heterocycles. The molecule has 7 nitrogen and oxygen atoms in total. The molecule has 0 radical (unpaired) electrons. The van der Waals surface area contributed by atoms with Gasteiger partial charge in [0.15, 0.2) is 0 Å². The first kappa shape index (κ1) is 14.8. The average Bonchev–Trinajstić information content (AvgIpc) is 2.40. The van der Waals surface area contributed by atoms with Crippen molar-refractivity contribution in [3.8, 4) is 0 Å². The Balaban J connectivity index is 2.11. The van der Waals surface area contributed by atoms with Crippen molar-refractivity contribution in [1.82, 2.24) is 9.21 Å². The molecule has 1 aromatic carbocycles. The normalized spacial score (nSPS) is 17.2. The topological polar surface area (TPSA) is 110 Å². The van der Waals surface area contributed by atoms with E-state index in [0.29, 0.717) is 24.3 Å². The van der Waals surface area contributed by atoms with Gasteiger partial charge in [0.05, 0.1) is 5.56 Å². The zero-order valence-electron chi connectivity index (χ0n) is 11.2. The summed E-state index contributed by atoms with van der Waals surface area (Å²) in [5.41, 5.74) is 7.65. The number of aryl methyl sites for hydroxylation is 1. The summed E-state index contributed by atoms with van der Waals surface area (Å²) in [4.78, 5) is 14.0. The first-order valence-corrected chi connectivity index (χ1v) is 7.72. The van der Waals surface area contributed by atoms with Crippen LogP contribution in [-0.4, -0.2) is 49.7 Å². The maximum Gasteiger partial charge on any atom is 0.277 e. The van der Waals surface area contributed by atoms with Gasteiger partial charge < -0.3 is 10.6 Å². The predicted molar refractivity (Wildman–Crippen MR) is 76.2 cm³/mol. The van der Waals surface area contributed by atoms with Crippen LogP contribution in [0.2, 0.25) is 0 Å². The fourth-order valence-electron chi connectivity index (χ4n) is 2.17. The Bertz CT molecular complexity index is 622. The first-order valence-electron chi connectivity index (χ1n) is 6.22. The van der Waals surface area contributed by atoms with Gasteiger partial charge in [0.25, 0.3) is 16.1 Å². The van der Waals surface area contributed by atoms with Gasteiger partial charge >= 0.3 is 0 Å². The lowest BCUT2D eigenvalue weighted by Crippen LogP contribution is -2.52. The number of carbonyl (C=O) groups excluding carboxylic acids is 1. The van der Waals surface area contributed by atoms with E-state index in [9.17, 15) is 13.2 Å². The number of amides is 1. The highest BCUT2D eigenvalue weighted by atomic mass is 32.2. The Kier molecular flexibility index (Phi) is 3.98. The number of carbonyl (C=O) groups is 1. The third-order valence-corrected chi connectivity index (χ3v) is 4.41. The van der Waals surface area contributed by atoms with Crippen molar-refractivity contribution in [1.29, 1.82) is 0 Å². The molecular weight excluding hydrogens is 280 g/mol. The van der Waals surface area contributed by atoms with Crippen molar-refractivity contribution < 1.29 is 13.2 Å². The molecule has 0 bridgehead atoms. The van der Waals surface area contributed by atoms with Crippen molar-refractivity contribution in [2.75, 3.05) is 31.9 Å². The highest BCUT2D eigenvalue weighted by Gasteiger charge is 2.27. The van der Waals surface area contributed by atoms with E-state index in [2.05, 4.69) is 0 Å². The summed E-state index contributed by atoms with van der Waals surface area (Å²) >= 11 is 0. The fraction of sp³-hybridized carbons (Fsp3) is 0.417. The summed E-state index contributed by atoms with van der Waals surface area (Å²) < 4.78 is 23.6. The molecule has 0 aromatic heterocycles. The van der Waals surface area contributed by atoms with Crippen molar-refractivity contribution >= 4 is 21.8 Å². The molecule has 20 heavy (non-hydrogen) atoms. The zero-order chi connectivity index (χ0) is 14.9. The molecule has 4 N–H and O–H groups in total. The van der Waals surface area contributed by atoms with Crippen molar-refractivity contribution in [3.05, 3.63) is 29.3 Å². The lowest BCUT2D eigenvalue weighted by Gasteiger charge is -2.33. The lowest BCUT2D eigenvalue weighted by molar-refractivity contribution is 0.0699. The minimum Gasteiger partial charge on any atom is -0.398 e. The van der Waals surface area contributed by atoms with Crippen LogP contribution in [-0.2, 0) is 10.2 Å². The lowest BCUT2D eigenvalue weighted by atomic mass is 10.1. The molecule has 1 amide bonds. The van der Waals surface area contributed by atoms with Crippen LogP contribution in [0.15, 0.2) is 18.2 Å². The van der Waals surface area contributed by atoms with Gasteiger partial charge in [0, 0.05) is 31.9 Å². The second-order valence-corrected chi connectivity index (χ2v) is 6.37. The predicted octanol–water partition coefficient (Wildman–Crippen LogP) is -0.461. The van der Waals surface area contributed by atoms with Gasteiger partial charge in [-0.05, 0) is 19.1 Å². The number of hydrogen-bond acceptors (Lipinski definition) is 4. The van der Waals surface area contributed by atoms with E-state index in [-0.39, 0.29) is 19.0 Å². The van der Waals surface area contributed by atoms with Crippen LogP contribution in [0, 0.1) is 6.92 Å². The minimum absolute atomic E-state index is 0.180. The first-order chi connectivity index (χ1) is 9.29. The molecule has 1 fully saturated rings. The molecule has 1 saturated heterocycles. The number of rotatable bonds is 2. The minimum atomic E-state index is -3.68. The van der Waals surface area contributed by atoms with Gasteiger partial charge in [-0.1, -0.05) is 11.6 Å².